The van der Waals surface area contributed by atoms with Crippen LogP contribution in [-0.2, 0) is 21.2 Å². The van der Waals surface area contributed by atoms with Crippen LogP contribution in [0.15, 0.2) is 53.4 Å². The molecule has 0 atom stereocenters. The zero-order valence-electron chi connectivity index (χ0n) is 14.2. The minimum atomic E-state index is -3.65. The largest absolute Gasteiger partial charge is 0.326 e. The number of carbonyl (C=O) groups is 1. The van der Waals surface area contributed by atoms with Gasteiger partial charge in [-0.15, -0.1) is 0 Å². The van der Waals surface area contributed by atoms with E-state index < -0.39 is 10.0 Å². The van der Waals surface area contributed by atoms with Gasteiger partial charge in [-0.2, -0.15) is 0 Å². The monoisotopic (exact) mass is 361 g/mol. The molecule has 0 saturated carbocycles. The van der Waals surface area contributed by atoms with Crippen molar-refractivity contribution in [1.82, 2.24) is 5.32 Å². The van der Waals surface area contributed by atoms with Gasteiger partial charge < -0.3 is 10.6 Å². The third-order valence-corrected chi connectivity index (χ3v) is 4.60. The summed E-state index contributed by atoms with van der Waals surface area (Å²) >= 11 is 0. The first-order valence-corrected chi connectivity index (χ1v) is 9.58. The van der Waals surface area contributed by atoms with Gasteiger partial charge in [0, 0.05) is 18.7 Å². The fraction of sp³-hybridized carbons (Fsp3) is 0.278. The van der Waals surface area contributed by atoms with Crippen molar-refractivity contribution in [3.63, 3.8) is 0 Å². The maximum Gasteiger partial charge on any atom is 0.238 e. The Morgan fingerprint density at radius 1 is 1.08 bits per heavy atom. The summed E-state index contributed by atoms with van der Waals surface area (Å²) in [5.74, 6) is -0.0318. The number of hydrogen-bond acceptors (Lipinski definition) is 4. The molecule has 6 nitrogen and oxygen atoms in total. The highest BCUT2D eigenvalue weighted by molar-refractivity contribution is 7.89. The van der Waals surface area contributed by atoms with Crippen molar-refractivity contribution in [2.45, 2.75) is 24.7 Å². The summed E-state index contributed by atoms with van der Waals surface area (Å²) in [4.78, 5) is 12.0. The summed E-state index contributed by atoms with van der Waals surface area (Å²) in [6, 6.07) is 14.2. The molecule has 1 amide bonds. The maximum absolute atomic E-state index is 11.9. The highest BCUT2D eigenvalue weighted by atomic mass is 32.2. The van der Waals surface area contributed by atoms with Crippen LogP contribution in [0.25, 0.3) is 0 Å². The molecule has 0 aliphatic carbocycles. The van der Waals surface area contributed by atoms with Crippen molar-refractivity contribution in [1.29, 1.82) is 0 Å². The Morgan fingerprint density at radius 2 is 1.80 bits per heavy atom. The van der Waals surface area contributed by atoms with Crippen molar-refractivity contribution in [3.8, 4) is 0 Å². The van der Waals surface area contributed by atoms with Gasteiger partial charge in [0.25, 0.3) is 0 Å². The van der Waals surface area contributed by atoms with Crippen LogP contribution >= 0.6 is 0 Å². The molecule has 0 fully saturated rings. The van der Waals surface area contributed by atoms with Gasteiger partial charge in [0.05, 0.1) is 4.90 Å². The van der Waals surface area contributed by atoms with Crippen molar-refractivity contribution >= 4 is 21.6 Å². The van der Waals surface area contributed by atoms with Crippen LogP contribution in [0.1, 0.15) is 17.5 Å². The number of aryl methyl sites for hydroxylation is 1. The topological polar surface area (TPSA) is 101 Å². The lowest BCUT2D eigenvalue weighted by molar-refractivity contribution is -0.116. The molecule has 0 heterocycles. The van der Waals surface area contributed by atoms with E-state index in [1.807, 2.05) is 31.2 Å². The number of nitrogens with two attached hydrogens (primary N) is 1. The second kappa shape index (κ2) is 8.75. The van der Waals surface area contributed by atoms with Gasteiger partial charge in [0.1, 0.15) is 0 Å². The summed E-state index contributed by atoms with van der Waals surface area (Å²) in [6.45, 7) is 3.26. The highest BCUT2D eigenvalue weighted by Crippen LogP contribution is 2.10. The number of nitrogens with one attached hydrogen (secondary N) is 2. The number of hydrogen-bond donors (Lipinski definition) is 3. The fourth-order valence-electron chi connectivity index (χ4n) is 2.35. The van der Waals surface area contributed by atoms with Crippen molar-refractivity contribution < 1.29 is 13.2 Å². The van der Waals surface area contributed by atoms with E-state index in [2.05, 4.69) is 10.6 Å². The molecule has 0 radical (unpaired) electrons. The number of carbonyl (C=O) groups excluding carboxylic acids is 1. The van der Waals surface area contributed by atoms with E-state index in [9.17, 15) is 13.2 Å². The Morgan fingerprint density at radius 3 is 2.44 bits per heavy atom. The van der Waals surface area contributed by atoms with E-state index in [0.717, 1.165) is 23.2 Å². The molecule has 7 heteroatoms. The van der Waals surface area contributed by atoms with E-state index in [-0.39, 0.29) is 10.8 Å². The van der Waals surface area contributed by atoms with E-state index in [4.69, 9.17) is 5.14 Å². The van der Waals surface area contributed by atoms with Crippen LogP contribution < -0.4 is 15.8 Å². The zero-order chi connectivity index (χ0) is 18.3. The second-order valence-electron chi connectivity index (χ2n) is 5.86. The normalized spacial score (nSPS) is 11.3. The standard InChI is InChI=1S/C18H23N3O3S/c1-14-3-2-4-16(13-14)21-18(22)10-12-20-11-9-15-5-7-17(8-6-15)25(19,23)24/h2-8,13,20H,9-12H2,1H3,(H,21,22)(H2,19,23,24). The molecule has 2 rings (SSSR count). The lowest BCUT2D eigenvalue weighted by atomic mass is 10.1. The average Bonchev–Trinajstić information content (AvgIpc) is 2.54. The van der Waals surface area contributed by atoms with Crippen LogP contribution in [0.4, 0.5) is 5.69 Å². The minimum absolute atomic E-state index is 0.0318. The zero-order valence-corrected chi connectivity index (χ0v) is 15.0. The van der Waals surface area contributed by atoms with Gasteiger partial charge in [-0.3, -0.25) is 4.79 Å². The number of amides is 1. The van der Waals surface area contributed by atoms with Gasteiger partial charge in [-0.1, -0.05) is 24.3 Å². The fourth-order valence-corrected chi connectivity index (χ4v) is 2.87. The number of primary sulfonamides is 1. The van der Waals surface area contributed by atoms with Crippen LogP contribution in [0.5, 0.6) is 0 Å². The maximum atomic E-state index is 11.9. The molecule has 0 spiro atoms. The van der Waals surface area contributed by atoms with Gasteiger partial charge in [0.2, 0.25) is 15.9 Å². The minimum Gasteiger partial charge on any atom is -0.326 e. The second-order valence-corrected chi connectivity index (χ2v) is 7.42. The third-order valence-electron chi connectivity index (χ3n) is 3.67. The molecule has 0 aromatic heterocycles. The molecule has 0 bridgehead atoms. The Balaban J connectivity index is 1.67. The van der Waals surface area contributed by atoms with Crippen molar-refractivity contribution in [2.24, 2.45) is 5.14 Å². The lowest BCUT2D eigenvalue weighted by Crippen LogP contribution is -2.23. The molecule has 134 valence electrons. The predicted molar refractivity (Wildman–Crippen MR) is 98.8 cm³/mol. The van der Waals surface area contributed by atoms with Gasteiger partial charge in [-0.05, 0) is 55.3 Å². The first kappa shape index (κ1) is 19.1. The van der Waals surface area contributed by atoms with Crippen molar-refractivity contribution in [2.75, 3.05) is 18.4 Å². The molecule has 0 aliphatic rings. The lowest BCUT2D eigenvalue weighted by Gasteiger charge is -2.07. The Labute approximate surface area is 148 Å². The number of rotatable bonds is 8. The molecular weight excluding hydrogens is 338 g/mol. The number of anilines is 1. The van der Waals surface area contributed by atoms with E-state index in [0.29, 0.717) is 19.5 Å². The highest BCUT2D eigenvalue weighted by Gasteiger charge is 2.06. The number of sulfonamides is 1. The summed E-state index contributed by atoms with van der Waals surface area (Å²) in [7, 11) is -3.65. The quantitative estimate of drug-likeness (QED) is 0.624. The van der Waals surface area contributed by atoms with Crippen LogP contribution in [0, 0.1) is 6.92 Å². The molecule has 2 aromatic carbocycles. The Kier molecular flexibility index (Phi) is 6.69. The Hall–Kier alpha value is -2.22. The predicted octanol–water partition coefficient (Wildman–Crippen LogP) is 1.80. The third kappa shape index (κ3) is 6.66. The van der Waals surface area contributed by atoms with Crippen molar-refractivity contribution in [3.05, 3.63) is 59.7 Å². The van der Waals surface area contributed by atoms with Gasteiger partial charge in [0.15, 0.2) is 0 Å². The van der Waals surface area contributed by atoms with E-state index in [1.165, 1.54) is 12.1 Å². The molecule has 25 heavy (non-hydrogen) atoms. The number of benzene rings is 2. The Bertz CT molecular complexity index is 818. The van der Waals surface area contributed by atoms with E-state index >= 15 is 0 Å². The molecule has 2 aromatic rings. The average molecular weight is 361 g/mol. The molecule has 0 aliphatic heterocycles. The van der Waals surface area contributed by atoms with Crippen LogP contribution in [0.2, 0.25) is 0 Å². The summed E-state index contributed by atoms with van der Waals surface area (Å²) in [6.07, 6.45) is 1.13. The summed E-state index contributed by atoms with van der Waals surface area (Å²) in [5, 5.41) is 11.1. The van der Waals surface area contributed by atoms with Crippen LogP contribution in [0.3, 0.4) is 0 Å². The summed E-state index contributed by atoms with van der Waals surface area (Å²) in [5.41, 5.74) is 2.91. The van der Waals surface area contributed by atoms with Crippen LogP contribution in [-0.4, -0.2) is 27.4 Å². The SMILES string of the molecule is Cc1cccc(NC(=O)CCNCCc2ccc(S(N)(=O)=O)cc2)c1. The first-order chi connectivity index (χ1) is 11.8. The van der Waals surface area contributed by atoms with Gasteiger partial charge >= 0.3 is 0 Å². The smallest absolute Gasteiger partial charge is 0.238 e. The van der Waals surface area contributed by atoms with Gasteiger partial charge in [-0.25, -0.2) is 13.6 Å². The molecule has 0 saturated heterocycles. The summed E-state index contributed by atoms with van der Waals surface area (Å²) < 4.78 is 22.4. The molecular formula is C18H23N3O3S. The molecule has 4 N–H and O–H groups in total. The molecule has 0 unspecified atom stereocenters. The first-order valence-electron chi connectivity index (χ1n) is 8.03. The van der Waals surface area contributed by atoms with E-state index in [1.54, 1.807) is 12.1 Å².